The van der Waals surface area contributed by atoms with Crippen LogP contribution in [0.5, 0.6) is 0 Å². The summed E-state index contributed by atoms with van der Waals surface area (Å²) in [7, 11) is 0. The van der Waals surface area contributed by atoms with Gasteiger partial charge in [0.15, 0.2) is 0 Å². The van der Waals surface area contributed by atoms with Crippen molar-refractivity contribution in [2.45, 2.75) is 25.9 Å². The summed E-state index contributed by atoms with van der Waals surface area (Å²) in [6.45, 7) is 4.10. The molecule has 0 saturated carbocycles. The van der Waals surface area contributed by atoms with Crippen molar-refractivity contribution in [3.05, 3.63) is 29.8 Å². The molecule has 0 fully saturated rings. The Hall–Kier alpha value is -1.55. The Morgan fingerprint density at radius 3 is 3.06 bits per heavy atom. The Morgan fingerprint density at radius 1 is 1.50 bits per heavy atom. The number of amides is 1. The average molecular weight is 248 g/mol. The number of carbonyl (C=O) groups is 1. The van der Waals surface area contributed by atoms with Gasteiger partial charge in [-0.25, -0.2) is 0 Å². The van der Waals surface area contributed by atoms with Crippen molar-refractivity contribution in [1.82, 2.24) is 5.32 Å². The molecule has 0 aliphatic carbocycles. The van der Waals surface area contributed by atoms with E-state index in [2.05, 4.69) is 10.2 Å². The Labute approximate surface area is 108 Å². The van der Waals surface area contributed by atoms with Gasteiger partial charge in [-0.1, -0.05) is 18.2 Å². The Bertz CT molecular complexity index is 420. The van der Waals surface area contributed by atoms with Crippen LogP contribution in [-0.2, 0) is 4.79 Å². The first-order chi connectivity index (χ1) is 8.72. The van der Waals surface area contributed by atoms with Crippen molar-refractivity contribution in [3.63, 3.8) is 0 Å². The van der Waals surface area contributed by atoms with Crippen LogP contribution in [0.3, 0.4) is 0 Å². The molecule has 1 unspecified atom stereocenters. The lowest BCUT2D eigenvalue weighted by Gasteiger charge is -2.33. The van der Waals surface area contributed by atoms with Crippen molar-refractivity contribution in [1.29, 1.82) is 0 Å². The third-order valence-electron chi connectivity index (χ3n) is 3.29. The van der Waals surface area contributed by atoms with Crippen LogP contribution in [-0.4, -0.2) is 30.6 Å². The molecule has 1 heterocycles. The highest BCUT2D eigenvalue weighted by atomic mass is 16.3. The van der Waals surface area contributed by atoms with E-state index in [-0.39, 0.29) is 12.0 Å². The van der Waals surface area contributed by atoms with Crippen molar-refractivity contribution in [3.8, 4) is 0 Å². The summed E-state index contributed by atoms with van der Waals surface area (Å²) in [5, 5.41) is 12.7. The lowest BCUT2D eigenvalue weighted by molar-refractivity contribution is -0.120. The number of hydrogen-bond acceptors (Lipinski definition) is 3. The third-order valence-corrected chi connectivity index (χ3v) is 3.29. The molecule has 2 N–H and O–H groups in total. The second-order valence-corrected chi connectivity index (χ2v) is 4.55. The highest BCUT2D eigenvalue weighted by Crippen LogP contribution is 2.33. The number of hydrogen-bond donors (Lipinski definition) is 2. The van der Waals surface area contributed by atoms with Crippen LogP contribution in [0.1, 0.15) is 31.4 Å². The minimum atomic E-state index is -0.373. The number of fused-ring (bicyclic) bond motifs is 1. The predicted octanol–water partition coefficient (Wildman–Crippen LogP) is 1.46. The summed E-state index contributed by atoms with van der Waals surface area (Å²) in [5.74, 6) is 0.0844. The van der Waals surface area contributed by atoms with Gasteiger partial charge in [0.2, 0.25) is 5.91 Å². The number of nitrogens with zero attached hydrogens (tertiary/aromatic N) is 1. The number of aliphatic hydroxyl groups excluding tert-OH is 1. The molecule has 98 valence electrons. The van der Waals surface area contributed by atoms with Crippen molar-refractivity contribution in [2.24, 2.45) is 0 Å². The largest absolute Gasteiger partial charge is 0.388 e. The normalized spacial score (nSPS) is 18.3. The fourth-order valence-electron chi connectivity index (χ4n) is 2.37. The summed E-state index contributed by atoms with van der Waals surface area (Å²) >= 11 is 0. The molecule has 1 aliphatic rings. The number of aliphatic hydroxyl groups is 1. The zero-order valence-electron chi connectivity index (χ0n) is 10.7. The van der Waals surface area contributed by atoms with E-state index < -0.39 is 0 Å². The SMILES string of the molecule is CCNC(=O)CCN1CCC(O)c2ccccc21. The standard InChI is InChI=1S/C14H20N2O2/c1-2-15-14(18)8-10-16-9-7-13(17)11-5-3-4-6-12(11)16/h3-6,13,17H,2,7-10H2,1H3,(H,15,18). The summed E-state index contributed by atoms with van der Waals surface area (Å²) < 4.78 is 0. The molecule has 0 radical (unpaired) electrons. The highest BCUT2D eigenvalue weighted by molar-refractivity contribution is 5.76. The van der Waals surface area contributed by atoms with Crippen LogP contribution in [0.15, 0.2) is 24.3 Å². The Morgan fingerprint density at radius 2 is 2.28 bits per heavy atom. The number of benzene rings is 1. The first-order valence-electron chi connectivity index (χ1n) is 6.51. The summed E-state index contributed by atoms with van der Waals surface area (Å²) in [6, 6.07) is 7.87. The van der Waals surface area contributed by atoms with Gasteiger partial charge in [-0.3, -0.25) is 4.79 Å². The zero-order valence-corrected chi connectivity index (χ0v) is 10.7. The van der Waals surface area contributed by atoms with Crippen LogP contribution in [0.4, 0.5) is 5.69 Å². The maximum atomic E-state index is 11.5. The first kappa shape index (κ1) is 12.9. The summed E-state index contributed by atoms with van der Waals surface area (Å²) in [4.78, 5) is 13.7. The fraction of sp³-hybridized carbons (Fsp3) is 0.500. The van der Waals surface area contributed by atoms with Gasteiger partial charge >= 0.3 is 0 Å². The molecular weight excluding hydrogens is 228 g/mol. The van der Waals surface area contributed by atoms with Gasteiger partial charge in [-0.15, -0.1) is 0 Å². The molecule has 0 aromatic heterocycles. The molecule has 0 bridgehead atoms. The van der Waals surface area contributed by atoms with E-state index in [1.807, 2.05) is 31.2 Å². The van der Waals surface area contributed by atoms with Crippen molar-refractivity contribution in [2.75, 3.05) is 24.5 Å². The van der Waals surface area contributed by atoms with Crippen LogP contribution in [0, 0.1) is 0 Å². The van der Waals surface area contributed by atoms with E-state index in [0.29, 0.717) is 19.5 Å². The van der Waals surface area contributed by atoms with E-state index in [4.69, 9.17) is 0 Å². The van der Waals surface area contributed by atoms with E-state index in [1.165, 1.54) is 0 Å². The topological polar surface area (TPSA) is 52.6 Å². The van der Waals surface area contributed by atoms with Gasteiger partial charge in [0.1, 0.15) is 0 Å². The minimum Gasteiger partial charge on any atom is -0.388 e. The van der Waals surface area contributed by atoms with Crippen LogP contribution < -0.4 is 10.2 Å². The molecule has 0 saturated heterocycles. The molecule has 0 spiro atoms. The quantitative estimate of drug-likeness (QED) is 0.848. The van der Waals surface area contributed by atoms with Gasteiger partial charge in [0.25, 0.3) is 0 Å². The number of carbonyl (C=O) groups excluding carboxylic acids is 1. The van der Waals surface area contributed by atoms with Gasteiger partial charge in [-0.2, -0.15) is 0 Å². The molecule has 1 amide bonds. The fourth-order valence-corrected chi connectivity index (χ4v) is 2.37. The summed E-state index contributed by atoms with van der Waals surface area (Å²) in [5.41, 5.74) is 2.03. The van der Waals surface area contributed by atoms with Gasteiger partial charge in [-0.05, 0) is 19.4 Å². The molecule has 1 aromatic rings. The van der Waals surface area contributed by atoms with E-state index in [1.54, 1.807) is 0 Å². The molecule has 2 rings (SSSR count). The minimum absolute atomic E-state index is 0.0844. The molecule has 1 aliphatic heterocycles. The lowest BCUT2D eigenvalue weighted by Crippen LogP contribution is -2.35. The van der Waals surface area contributed by atoms with Crippen molar-refractivity contribution < 1.29 is 9.90 Å². The first-order valence-corrected chi connectivity index (χ1v) is 6.51. The second-order valence-electron chi connectivity index (χ2n) is 4.55. The lowest BCUT2D eigenvalue weighted by atomic mass is 9.99. The number of rotatable bonds is 4. The Balaban J connectivity index is 2.03. The Kier molecular flexibility index (Phi) is 4.20. The van der Waals surface area contributed by atoms with E-state index in [9.17, 15) is 9.90 Å². The summed E-state index contributed by atoms with van der Waals surface area (Å²) in [6.07, 6.45) is 0.854. The van der Waals surface area contributed by atoms with Gasteiger partial charge < -0.3 is 15.3 Å². The predicted molar refractivity (Wildman–Crippen MR) is 71.5 cm³/mol. The highest BCUT2D eigenvalue weighted by Gasteiger charge is 2.22. The molecule has 1 atom stereocenters. The number of para-hydroxylation sites is 1. The maximum Gasteiger partial charge on any atom is 0.221 e. The monoisotopic (exact) mass is 248 g/mol. The van der Waals surface area contributed by atoms with Crippen LogP contribution in [0.25, 0.3) is 0 Å². The zero-order chi connectivity index (χ0) is 13.0. The average Bonchev–Trinajstić information content (AvgIpc) is 2.39. The molecule has 18 heavy (non-hydrogen) atoms. The third kappa shape index (κ3) is 2.82. The number of nitrogens with one attached hydrogen (secondary N) is 1. The van der Waals surface area contributed by atoms with Crippen LogP contribution in [0.2, 0.25) is 0 Å². The molecule has 1 aromatic carbocycles. The van der Waals surface area contributed by atoms with Crippen LogP contribution >= 0.6 is 0 Å². The second kappa shape index (κ2) is 5.87. The molecular formula is C14H20N2O2. The maximum absolute atomic E-state index is 11.5. The van der Waals surface area contributed by atoms with E-state index >= 15 is 0 Å². The molecule has 4 heteroatoms. The van der Waals surface area contributed by atoms with Gasteiger partial charge in [0.05, 0.1) is 6.10 Å². The molecule has 4 nitrogen and oxygen atoms in total. The van der Waals surface area contributed by atoms with E-state index in [0.717, 1.165) is 24.2 Å². The smallest absolute Gasteiger partial charge is 0.221 e. The van der Waals surface area contributed by atoms with Crippen molar-refractivity contribution >= 4 is 11.6 Å². The number of anilines is 1. The van der Waals surface area contributed by atoms with Gasteiger partial charge in [0, 0.05) is 37.3 Å².